The van der Waals surface area contributed by atoms with Gasteiger partial charge in [-0.1, -0.05) is 24.3 Å². The molecule has 31 heavy (non-hydrogen) atoms. The molecule has 0 bridgehead atoms. The van der Waals surface area contributed by atoms with Gasteiger partial charge in [-0.2, -0.15) is 0 Å². The molecule has 0 radical (unpaired) electrons. The van der Waals surface area contributed by atoms with Crippen LogP contribution in [0.4, 0.5) is 17.1 Å². The van der Waals surface area contributed by atoms with Crippen LogP contribution in [0.15, 0.2) is 77.7 Å². The second-order valence-electron chi connectivity index (χ2n) is 6.43. The lowest BCUT2D eigenvalue weighted by Gasteiger charge is -2.19. The quantitative estimate of drug-likeness (QED) is 0.441. The van der Waals surface area contributed by atoms with Gasteiger partial charge in [-0.3, -0.25) is 19.2 Å². The molecule has 160 valence electrons. The molecule has 10 heteroatoms. The Labute approximate surface area is 179 Å². The van der Waals surface area contributed by atoms with Crippen LogP contribution >= 0.6 is 0 Å². The summed E-state index contributed by atoms with van der Waals surface area (Å²) in [7, 11) is -1.14. The number of methoxy groups -OCH3 is 1. The lowest BCUT2D eigenvalue weighted by atomic mass is 10.1. The van der Waals surface area contributed by atoms with E-state index < -0.39 is 20.9 Å². The van der Waals surface area contributed by atoms with E-state index in [1.807, 2.05) is 0 Å². The lowest BCUT2D eigenvalue weighted by Crippen LogP contribution is -2.26. The molecule has 0 aromatic heterocycles. The Hall–Kier alpha value is -3.92. The van der Waals surface area contributed by atoms with Crippen molar-refractivity contribution >= 4 is 33.0 Å². The van der Waals surface area contributed by atoms with Gasteiger partial charge in [0, 0.05) is 24.4 Å². The van der Waals surface area contributed by atoms with Gasteiger partial charge in [0.05, 0.1) is 22.6 Å². The van der Waals surface area contributed by atoms with Crippen LogP contribution in [0.3, 0.4) is 0 Å². The highest BCUT2D eigenvalue weighted by molar-refractivity contribution is 7.92. The van der Waals surface area contributed by atoms with Crippen LogP contribution in [0.2, 0.25) is 0 Å². The molecule has 0 saturated carbocycles. The third kappa shape index (κ3) is 4.64. The largest absolute Gasteiger partial charge is 0.490 e. The van der Waals surface area contributed by atoms with Crippen LogP contribution < -0.4 is 14.4 Å². The van der Waals surface area contributed by atoms with E-state index in [-0.39, 0.29) is 27.6 Å². The van der Waals surface area contributed by atoms with Crippen molar-refractivity contribution < 1.29 is 22.9 Å². The number of sulfonamides is 1. The number of nitro groups is 1. The van der Waals surface area contributed by atoms with Crippen molar-refractivity contribution in [3.8, 4) is 5.75 Å². The summed E-state index contributed by atoms with van der Waals surface area (Å²) in [5.41, 5.74) is 0.395. The van der Waals surface area contributed by atoms with Crippen molar-refractivity contribution in [1.82, 2.24) is 0 Å². The zero-order valence-electron chi connectivity index (χ0n) is 16.7. The van der Waals surface area contributed by atoms with Crippen molar-refractivity contribution in [2.24, 2.45) is 0 Å². The highest BCUT2D eigenvalue weighted by Crippen LogP contribution is 2.28. The standard InChI is InChI=1S/C21H19N3O6S/c1-23(17-8-4-3-5-9-17)31(28,29)18-10-6-7-16(14-18)22-21(25)15-11-12-20(30-2)19(13-15)24(26)27/h3-14H,1-2H3,(H,22,25). The fourth-order valence-electron chi connectivity index (χ4n) is 2.85. The Bertz CT molecular complexity index is 1230. The van der Waals surface area contributed by atoms with Crippen LogP contribution in [0.1, 0.15) is 10.4 Å². The molecule has 0 aliphatic heterocycles. The zero-order valence-corrected chi connectivity index (χ0v) is 17.5. The SMILES string of the molecule is COc1ccc(C(=O)Nc2cccc(S(=O)(=O)N(C)c3ccccc3)c2)cc1[N+](=O)[O-]. The predicted octanol–water partition coefficient (Wildman–Crippen LogP) is 3.68. The molecule has 0 atom stereocenters. The van der Waals surface area contributed by atoms with Gasteiger partial charge in [-0.05, 0) is 42.5 Å². The summed E-state index contributed by atoms with van der Waals surface area (Å²) in [6.07, 6.45) is 0. The summed E-state index contributed by atoms with van der Waals surface area (Å²) < 4.78 is 32.0. The van der Waals surface area contributed by atoms with Gasteiger partial charge in [0.1, 0.15) is 0 Å². The molecule has 3 aromatic rings. The summed E-state index contributed by atoms with van der Waals surface area (Å²) in [6.45, 7) is 0. The second-order valence-corrected chi connectivity index (χ2v) is 8.40. The number of amides is 1. The Balaban J connectivity index is 1.86. The number of nitrogens with zero attached hydrogens (tertiary/aromatic N) is 2. The summed E-state index contributed by atoms with van der Waals surface area (Å²) >= 11 is 0. The Morgan fingerprint density at radius 1 is 1.03 bits per heavy atom. The fraction of sp³-hybridized carbons (Fsp3) is 0.0952. The van der Waals surface area contributed by atoms with Gasteiger partial charge >= 0.3 is 5.69 Å². The van der Waals surface area contributed by atoms with Crippen LogP contribution in [0.5, 0.6) is 5.75 Å². The summed E-state index contributed by atoms with van der Waals surface area (Å²) in [5, 5.41) is 13.7. The van der Waals surface area contributed by atoms with Gasteiger partial charge in [-0.25, -0.2) is 8.42 Å². The van der Waals surface area contributed by atoms with Crippen LogP contribution in [-0.2, 0) is 10.0 Å². The molecule has 1 N–H and O–H groups in total. The van der Waals surface area contributed by atoms with Crippen LogP contribution in [-0.4, -0.2) is 33.4 Å². The number of rotatable bonds is 7. The number of anilines is 2. The first kappa shape index (κ1) is 21.8. The maximum atomic E-state index is 13.0. The Morgan fingerprint density at radius 3 is 2.39 bits per heavy atom. The van der Waals surface area contributed by atoms with Gasteiger partial charge in [0.2, 0.25) is 0 Å². The van der Waals surface area contributed by atoms with E-state index in [0.29, 0.717) is 5.69 Å². The highest BCUT2D eigenvalue weighted by atomic mass is 32.2. The lowest BCUT2D eigenvalue weighted by molar-refractivity contribution is -0.385. The number of para-hydroxylation sites is 1. The zero-order chi connectivity index (χ0) is 22.6. The number of hydrogen-bond acceptors (Lipinski definition) is 6. The normalized spacial score (nSPS) is 10.9. The molecule has 3 rings (SSSR count). The van der Waals surface area contributed by atoms with Crippen molar-refractivity contribution in [2.45, 2.75) is 4.90 Å². The minimum absolute atomic E-state index is 0.0163. The van der Waals surface area contributed by atoms with E-state index in [2.05, 4.69) is 5.32 Å². The fourth-order valence-corrected chi connectivity index (χ4v) is 4.09. The third-order valence-electron chi connectivity index (χ3n) is 4.51. The van der Waals surface area contributed by atoms with Crippen molar-refractivity contribution in [1.29, 1.82) is 0 Å². The molecule has 9 nitrogen and oxygen atoms in total. The number of carbonyl (C=O) groups is 1. The molecule has 0 aliphatic carbocycles. The molecule has 0 saturated heterocycles. The Kier molecular flexibility index (Phi) is 6.21. The summed E-state index contributed by atoms with van der Waals surface area (Å²) in [5.74, 6) is -0.602. The molecule has 1 amide bonds. The first-order chi connectivity index (χ1) is 14.7. The first-order valence-electron chi connectivity index (χ1n) is 9.02. The van der Waals surface area contributed by atoms with Gasteiger partial charge < -0.3 is 10.1 Å². The number of nitro benzene ring substituents is 1. The maximum absolute atomic E-state index is 13.0. The van der Waals surface area contributed by atoms with E-state index in [1.54, 1.807) is 30.3 Å². The average Bonchev–Trinajstić information content (AvgIpc) is 2.78. The van der Waals surface area contributed by atoms with Crippen LogP contribution in [0, 0.1) is 10.1 Å². The highest BCUT2D eigenvalue weighted by Gasteiger charge is 2.22. The average molecular weight is 441 g/mol. The molecule has 0 fully saturated rings. The predicted molar refractivity (Wildman–Crippen MR) is 116 cm³/mol. The van der Waals surface area contributed by atoms with Gasteiger partial charge in [0.15, 0.2) is 5.75 Å². The van der Waals surface area contributed by atoms with E-state index in [4.69, 9.17) is 4.74 Å². The third-order valence-corrected chi connectivity index (χ3v) is 6.29. The summed E-state index contributed by atoms with van der Waals surface area (Å²) in [6, 6.07) is 18.1. The van der Waals surface area contributed by atoms with E-state index in [1.165, 1.54) is 50.6 Å². The van der Waals surface area contributed by atoms with Crippen molar-refractivity contribution in [2.75, 3.05) is 23.8 Å². The minimum atomic E-state index is -3.87. The molecule has 0 unspecified atom stereocenters. The van der Waals surface area contributed by atoms with Gasteiger partial charge in [-0.15, -0.1) is 0 Å². The van der Waals surface area contributed by atoms with E-state index in [9.17, 15) is 23.3 Å². The van der Waals surface area contributed by atoms with Crippen LogP contribution in [0.25, 0.3) is 0 Å². The number of ether oxygens (including phenoxy) is 1. The molecule has 0 spiro atoms. The topological polar surface area (TPSA) is 119 Å². The Morgan fingerprint density at radius 2 is 1.74 bits per heavy atom. The van der Waals surface area contributed by atoms with Crippen molar-refractivity contribution in [3.05, 3.63) is 88.5 Å². The monoisotopic (exact) mass is 441 g/mol. The number of nitrogens with one attached hydrogen (secondary N) is 1. The number of carbonyl (C=O) groups excluding carboxylic acids is 1. The van der Waals surface area contributed by atoms with E-state index in [0.717, 1.165) is 10.4 Å². The number of hydrogen-bond donors (Lipinski definition) is 1. The molecular weight excluding hydrogens is 422 g/mol. The second kappa shape index (κ2) is 8.84. The molecule has 0 heterocycles. The molecule has 3 aromatic carbocycles. The maximum Gasteiger partial charge on any atom is 0.311 e. The van der Waals surface area contributed by atoms with E-state index >= 15 is 0 Å². The summed E-state index contributed by atoms with van der Waals surface area (Å²) in [4.78, 5) is 23.1. The minimum Gasteiger partial charge on any atom is -0.490 e. The van der Waals surface area contributed by atoms with Gasteiger partial charge in [0.25, 0.3) is 15.9 Å². The number of benzene rings is 3. The van der Waals surface area contributed by atoms with Crippen molar-refractivity contribution in [3.63, 3.8) is 0 Å². The smallest absolute Gasteiger partial charge is 0.311 e. The molecular formula is C21H19N3O6S. The first-order valence-corrected chi connectivity index (χ1v) is 10.5. The molecule has 0 aliphatic rings.